The number of ether oxygens (including phenoxy) is 2. The Labute approximate surface area is 111 Å². The molecule has 1 atom stereocenters. The standard InChI is InChI=1S/C14H17NO4/c16-14(17)8-15(10-5-6-10)7-11-9-18-12-3-1-2-4-13(12)19-11/h1-4,10-11H,5-9H2,(H,16,17). The fraction of sp³-hybridized carbons (Fsp3) is 0.500. The first kappa shape index (κ1) is 12.3. The van der Waals surface area contributed by atoms with Crippen LogP contribution in [0.5, 0.6) is 11.5 Å². The number of hydrogen-bond donors (Lipinski definition) is 1. The number of benzene rings is 1. The van der Waals surface area contributed by atoms with Crippen LogP contribution >= 0.6 is 0 Å². The number of para-hydroxylation sites is 2. The Kier molecular flexibility index (Phi) is 3.29. The van der Waals surface area contributed by atoms with Crippen LogP contribution in [0, 0.1) is 0 Å². The molecule has 1 aliphatic carbocycles. The van der Waals surface area contributed by atoms with E-state index < -0.39 is 5.97 Å². The lowest BCUT2D eigenvalue weighted by atomic mass is 10.2. The normalized spacial score (nSPS) is 21.4. The highest BCUT2D eigenvalue weighted by Crippen LogP contribution is 2.32. The predicted octanol–water partition coefficient (Wildman–Crippen LogP) is 1.38. The van der Waals surface area contributed by atoms with Gasteiger partial charge in [-0.3, -0.25) is 9.69 Å². The Morgan fingerprint density at radius 2 is 2.05 bits per heavy atom. The van der Waals surface area contributed by atoms with E-state index in [1.165, 1.54) is 0 Å². The first-order valence-electron chi connectivity index (χ1n) is 6.56. The highest BCUT2D eigenvalue weighted by molar-refractivity contribution is 5.69. The molecule has 1 saturated carbocycles. The van der Waals surface area contributed by atoms with E-state index >= 15 is 0 Å². The maximum Gasteiger partial charge on any atom is 0.317 e. The molecule has 0 saturated heterocycles. The van der Waals surface area contributed by atoms with Gasteiger partial charge < -0.3 is 14.6 Å². The van der Waals surface area contributed by atoms with Crippen molar-refractivity contribution < 1.29 is 19.4 Å². The second-order valence-electron chi connectivity index (χ2n) is 5.05. The molecule has 0 bridgehead atoms. The first-order chi connectivity index (χ1) is 9.22. The molecule has 0 aromatic heterocycles. The third-order valence-corrected chi connectivity index (χ3v) is 3.41. The molecule has 1 N–H and O–H groups in total. The Morgan fingerprint density at radius 1 is 1.32 bits per heavy atom. The summed E-state index contributed by atoms with van der Waals surface area (Å²) in [5, 5.41) is 8.93. The molecule has 102 valence electrons. The summed E-state index contributed by atoms with van der Waals surface area (Å²) >= 11 is 0. The molecular weight excluding hydrogens is 246 g/mol. The van der Waals surface area contributed by atoms with Crippen molar-refractivity contribution >= 4 is 5.97 Å². The Balaban J connectivity index is 1.62. The fourth-order valence-corrected chi connectivity index (χ4v) is 2.37. The molecule has 1 aromatic rings. The Morgan fingerprint density at radius 3 is 2.74 bits per heavy atom. The summed E-state index contributed by atoms with van der Waals surface area (Å²) in [6.45, 7) is 1.15. The van der Waals surface area contributed by atoms with Gasteiger partial charge in [-0.1, -0.05) is 12.1 Å². The minimum atomic E-state index is -0.788. The fourth-order valence-electron chi connectivity index (χ4n) is 2.37. The van der Waals surface area contributed by atoms with Crippen LogP contribution in [-0.2, 0) is 4.79 Å². The van der Waals surface area contributed by atoms with Crippen molar-refractivity contribution in [3.8, 4) is 11.5 Å². The van der Waals surface area contributed by atoms with E-state index in [4.69, 9.17) is 14.6 Å². The molecule has 19 heavy (non-hydrogen) atoms. The molecule has 5 heteroatoms. The van der Waals surface area contributed by atoms with Crippen LogP contribution in [0.15, 0.2) is 24.3 Å². The number of hydrogen-bond acceptors (Lipinski definition) is 4. The molecule has 0 radical (unpaired) electrons. The van der Waals surface area contributed by atoms with Gasteiger partial charge in [0.05, 0.1) is 6.54 Å². The van der Waals surface area contributed by atoms with Gasteiger partial charge in [-0.25, -0.2) is 0 Å². The van der Waals surface area contributed by atoms with E-state index in [1.807, 2.05) is 29.2 Å². The largest absolute Gasteiger partial charge is 0.486 e. The molecule has 1 heterocycles. The number of nitrogens with zero attached hydrogens (tertiary/aromatic N) is 1. The lowest BCUT2D eigenvalue weighted by molar-refractivity contribution is -0.138. The van der Waals surface area contributed by atoms with Crippen LogP contribution in [-0.4, -0.2) is 47.8 Å². The minimum absolute atomic E-state index is 0.0756. The highest BCUT2D eigenvalue weighted by Gasteiger charge is 2.33. The third-order valence-electron chi connectivity index (χ3n) is 3.41. The van der Waals surface area contributed by atoms with Gasteiger partial charge in [0, 0.05) is 12.6 Å². The van der Waals surface area contributed by atoms with Crippen LogP contribution < -0.4 is 9.47 Å². The highest BCUT2D eigenvalue weighted by atomic mass is 16.6. The van der Waals surface area contributed by atoms with Crippen LogP contribution in [0.1, 0.15) is 12.8 Å². The van der Waals surface area contributed by atoms with Gasteiger partial charge in [-0.15, -0.1) is 0 Å². The maximum absolute atomic E-state index is 10.9. The smallest absolute Gasteiger partial charge is 0.317 e. The van der Waals surface area contributed by atoms with Gasteiger partial charge in [0.15, 0.2) is 11.5 Å². The third kappa shape index (κ3) is 2.98. The number of aliphatic carboxylic acids is 1. The summed E-state index contributed by atoms with van der Waals surface area (Å²) in [4.78, 5) is 12.8. The van der Waals surface area contributed by atoms with E-state index in [9.17, 15) is 4.79 Å². The van der Waals surface area contributed by atoms with Gasteiger partial charge in [-0.05, 0) is 25.0 Å². The van der Waals surface area contributed by atoms with E-state index in [-0.39, 0.29) is 12.6 Å². The van der Waals surface area contributed by atoms with Crippen LogP contribution in [0.4, 0.5) is 0 Å². The van der Waals surface area contributed by atoms with Gasteiger partial charge >= 0.3 is 5.97 Å². The van der Waals surface area contributed by atoms with Crippen molar-refractivity contribution in [1.82, 2.24) is 4.90 Å². The summed E-state index contributed by atoms with van der Waals surface area (Å²) in [5.41, 5.74) is 0. The number of carboxylic acid groups (broad SMARTS) is 1. The summed E-state index contributed by atoms with van der Waals surface area (Å²) in [5.74, 6) is 0.712. The summed E-state index contributed by atoms with van der Waals surface area (Å²) < 4.78 is 11.5. The zero-order chi connectivity index (χ0) is 13.2. The number of carbonyl (C=O) groups is 1. The van der Waals surface area contributed by atoms with Crippen molar-refractivity contribution in [2.75, 3.05) is 19.7 Å². The topological polar surface area (TPSA) is 59.0 Å². The van der Waals surface area contributed by atoms with Crippen LogP contribution in [0.2, 0.25) is 0 Å². The minimum Gasteiger partial charge on any atom is -0.486 e. The van der Waals surface area contributed by atoms with Crippen LogP contribution in [0.3, 0.4) is 0 Å². The van der Waals surface area contributed by atoms with Crippen molar-refractivity contribution in [1.29, 1.82) is 0 Å². The molecule has 1 aliphatic heterocycles. The van der Waals surface area contributed by atoms with Gasteiger partial charge in [-0.2, -0.15) is 0 Å². The summed E-state index contributed by atoms with van der Waals surface area (Å²) in [7, 11) is 0. The lowest BCUT2D eigenvalue weighted by Gasteiger charge is -2.30. The Hall–Kier alpha value is -1.75. The zero-order valence-corrected chi connectivity index (χ0v) is 10.6. The predicted molar refractivity (Wildman–Crippen MR) is 68.6 cm³/mol. The van der Waals surface area contributed by atoms with Crippen molar-refractivity contribution in [3.05, 3.63) is 24.3 Å². The number of rotatable bonds is 5. The monoisotopic (exact) mass is 263 g/mol. The maximum atomic E-state index is 10.9. The average molecular weight is 263 g/mol. The Bertz CT molecular complexity index is 472. The average Bonchev–Trinajstić information content (AvgIpc) is 3.21. The molecule has 1 unspecified atom stereocenters. The van der Waals surface area contributed by atoms with E-state index in [1.54, 1.807) is 0 Å². The van der Waals surface area contributed by atoms with E-state index in [2.05, 4.69) is 0 Å². The SMILES string of the molecule is O=C(O)CN(CC1COc2ccccc2O1)C1CC1. The van der Waals surface area contributed by atoms with E-state index in [0.29, 0.717) is 19.2 Å². The number of fused-ring (bicyclic) bond motifs is 1. The van der Waals surface area contributed by atoms with Gasteiger partial charge in [0.2, 0.25) is 0 Å². The van der Waals surface area contributed by atoms with Crippen molar-refractivity contribution in [2.24, 2.45) is 0 Å². The summed E-state index contributed by atoms with van der Waals surface area (Å²) in [6, 6.07) is 7.96. The van der Waals surface area contributed by atoms with Gasteiger partial charge in [0.25, 0.3) is 0 Å². The molecule has 1 fully saturated rings. The van der Waals surface area contributed by atoms with Crippen LogP contribution in [0.25, 0.3) is 0 Å². The molecule has 5 nitrogen and oxygen atoms in total. The summed E-state index contributed by atoms with van der Waals surface area (Å²) in [6.07, 6.45) is 2.06. The molecule has 2 aliphatic rings. The number of carboxylic acids is 1. The first-order valence-corrected chi connectivity index (χ1v) is 6.56. The van der Waals surface area contributed by atoms with Crippen molar-refractivity contribution in [2.45, 2.75) is 25.0 Å². The lowest BCUT2D eigenvalue weighted by Crippen LogP contribution is -2.43. The second-order valence-corrected chi connectivity index (χ2v) is 5.05. The van der Waals surface area contributed by atoms with E-state index in [0.717, 1.165) is 24.3 Å². The molecule has 0 amide bonds. The van der Waals surface area contributed by atoms with Gasteiger partial charge in [0.1, 0.15) is 12.7 Å². The van der Waals surface area contributed by atoms with Crippen molar-refractivity contribution in [3.63, 3.8) is 0 Å². The zero-order valence-electron chi connectivity index (χ0n) is 10.6. The molecule has 1 aromatic carbocycles. The molecule has 3 rings (SSSR count). The molecular formula is C14H17NO4. The molecule has 0 spiro atoms. The quantitative estimate of drug-likeness (QED) is 0.869. The second kappa shape index (κ2) is 5.09.